The number of hydrogen-bond donors (Lipinski definition) is 0. The number of fused-ring (bicyclic) bond motifs is 1. The molecule has 2 heterocycles. The van der Waals surface area contributed by atoms with E-state index in [0.29, 0.717) is 10.7 Å². The summed E-state index contributed by atoms with van der Waals surface area (Å²) in [5.74, 6) is 0.811. The van der Waals surface area contributed by atoms with Crippen LogP contribution in [0.25, 0.3) is 4.96 Å². The van der Waals surface area contributed by atoms with Gasteiger partial charge in [0.25, 0.3) is 5.56 Å². The van der Waals surface area contributed by atoms with Gasteiger partial charge in [-0.25, -0.2) is 4.98 Å². The van der Waals surface area contributed by atoms with Gasteiger partial charge in [0.05, 0.1) is 5.69 Å². The summed E-state index contributed by atoms with van der Waals surface area (Å²) in [4.78, 5) is 17.1. The average molecular weight is 315 g/mol. The minimum absolute atomic E-state index is 0.167. The van der Waals surface area contributed by atoms with Crippen LogP contribution in [0.4, 0.5) is 0 Å². The lowest BCUT2D eigenvalue weighted by Crippen LogP contribution is -2.16. The molecule has 0 amide bonds. The third kappa shape index (κ3) is 2.87. The average Bonchev–Trinajstić information content (AvgIpc) is 2.90. The molecule has 0 aliphatic rings. The minimum atomic E-state index is -0.167. The molecular weight excluding hydrogens is 298 g/mol. The SMILES string of the molecule is CCc1nn2c(=O)cc(COc3ccc(C)cc3C)nc2s1. The van der Waals surface area contributed by atoms with Crippen molar-refractivity contribution < 1.29 is 4.74 Å². The Balaban J connectivity index is 1.86. The van der Waals surface area contributed by atoms with Crippen molar-refractivity contribution >= 4 is 16.3 Å². The van der Waals surface area contributed by atoms with Gasteiger partial charge < -0.3 is 4.74 Å². The van der Waals surface area contributed by atoms with Gasteiger partial charge in [-0.3, -0.25) is 4.79 Å². The Kier molecular flexibility index (Phi) is 3.94. The second kappa shape index (κ2) is 5.88. The molecule has 0 radical (unpaired) electrons. The van der Waals surface area contributed by atoms with E-state index >= 15 is 0 Å². The summed E-state index contributed by atoms with van der Waals surface area (Å²) in [6.45, 7) is 6.33. The largest absolute Gasteiger partial charge is 0.487 e. The van der Waals surface area contributed by atoms with Gasteiger partial charge in [-0.2, -0.15) is 9.61 Å². The minimum Gasteiger partial charge on any atom is -0.487 e. The van der Waals surface area contributed by atoms with Crippen LogP contribution in [0.1, 0.15) is 28.8 Å². The normalized spacial score (nSPS) is 11.0. The molecule has 0 saturated heterocycles. The highest BCUT2D eigenvalue weighted by atomic mass is 32.1. The number of aromatic nitrogens is 3. The fourth-order valence-electron chi connectivity index (χ4n) is 2.23. The highest BCUT2D eigenvalue weighted by Gasteiger charge is 2.09. The van der Waals surface area contributed by atoms with Crippen molar-refractivity contribution in [2.45, 2.75) is 33.8 Å². The summed E-state index contributed by atoms with van der Waals surface area (Å²) in [7, 11) is 0. The van der Waals surface area contributed by atoms with E-state index in [-0.39, 0.29) is 12.2 Å². The number of aryl methyl sites for hydroxylation is 3. The zero-order valence-electron chi connectivity index (χ0n) is 12.8. The molecule has 6 heteroatoms. The van der Waals surface area contributed by atoms with Gasteiger partial charge in [0.2, 0.25) is 4.96 Å². The quantitative estimate of drug-likeness (QED) is 0.743. The summed E-state index contributed by atoms with van der Waals surface area (Å²) >= 11 is 1.44. The van der Waals surface area contributed by atoms with Crippen LogP contribution in [0.15, 0.2) is 29.1 Å². The van der Waals surface area contributed by atoms with Crippen molar-refractivity contribution in [2.24, 2.45) is 0 Å². The number of nitrogens with zero attached hydrogens (tertiary/aromatic N) is 3. The number of rotatable bonds is 4. The molecule has 0 N–H and O–H groups in total. The Hall–Kier alpha value is -2.21. The Bertz CT molecular complexity index is 883. The molecule has 0 spiro atoms. The maximum absolute atomic E-state index is 12.1. The van der Waals surface area contributed by atoms with Crippen LogP contribution in [0.2, 0.25) is 0 Å². The third-order valence-electron chi connectivity index (χ3n) is 3.35. The predicted octanol–water partition coefficient (Wildman–Crippen LogP) is 2.91. The summed E-state index contributed by atoms with van der Waals surface area (Å²) in [5.41, 5.74) is 2.72. The van der Waals surface area contributed by atoms with E-state index in [9.17, 15) is 4.79 Å². The van der Waals surface area contributed by atoms with E-state index in [1.807, 2.05) is 32.9 Å². The summed E-state index contributed by atoms with van der Waals surface area (Å²) in [6, 6.07) is 7.50. The first-order valence-corrected chi connectivity index (χ1v) is 7.97. The summed E-state index contributed by atoms with van der Waals surface area (Å²) in [6.07, 6.45) is 0.794. The fourth-order valence-corrected chi connectivity index (χ4v) is 3.08. The lowest BCUT2D eigenvalue weighted by atomic mass is 10.1. The van der Waals surface area contributed by atoms with Gasteiger partial charge in [0.15, 0.2) is 0 Å². The molecular formula is C16H17N3O2S. The topological polar surface area (TPSA) is 56.5 Å². The summed E-state index contributed by atoms with van der Waals surface area (Å²) in [5, 5.41) is 5.13. The van der Waals surface area contributed by atoms with Gasteiger partial charge in [0.1, 0.15) is 17.4 Å². The molecule has 0 atom stereocenters. The van der Waals surface area contributed by atoms with Gasteiger partial charge in [0, 0.05) is 6.07 Å². The van der Waals surface area contributed by atoms with Crippen LogP contribution in [-0.4, -0.2) is 14.6 Å². The zero-order valence-corrected chi connectivity index (χ0v) is 13.6. The number of hydrogen-bond acceptors (Lipinski definition) is 5. The molecule has 3 aromatic rings. The highest BCUT2D eigenvalue weighted by Crippen LogP contribution is 2.20. The van der Waals surface area contributed by atoms with E-state index in [1.54, 1.807) is 0 Å². The van der Waals surface area contributed by atoms with Crippen LogP contribution in [0, 0.1) is 13.8 Å². The van der Waals surface area contributed by atoms with Crippen LogP contribution in [0.3, 0.4) is 0 Å². The van der Waals surface area contributed by atoms with Crippen molar-refractivity contribution in [2.75, 3.05) is 0 Å². The molecule has 0 fully saturated rings. The van der Waals surface area contributed by atoms with Crippen LogP contribution in [-0.2, 0) is 13.0 Å². The first kappa shape index (κ1) is 14.7. The zero-order chi connectivity index (χ0) is 15.7. The Morgan fingerprint density at radius 3 is 2.82 bits per heavy atom. The number of ether oxygens (including phenoxy) is 1. The van der Waals surface area contributed by atoms with Crippen LogP contribution in [0.5, 0.6) is 5.75 Å². The molecule has 22 heavy (non-hydrogen) atoms. The van der Waals surface area contributed by atoms with Crippen LogP contribution < -0.4 is 10.3 Å². The van der Waals surface area contributed by atoms with E-state index in [1.165, 1.54) is 27.5 Å². The molecule has 0 aliphatic heterocycles. The number of benzene rings is 1. The first-order valence-electron chi connectivity index (χ1n) is 7.15. The van der Waals surface area contributed by atoms with Crippen molar-refractivity contribution in [3.05, 3.63) is 56.4 Å². The molecule has 0 saturated carbocycles. The van der Waals surface area contributed by atoms with Crippen LogP contribution >= 0.6 is 11.3 Å². The van der Waals surface area contributed by atoms with Gasteiger partial charge in [-0.05, 0) is 31.9 Å². The van der Waals surface area contributed by atoms with Crippen molar-refractivity contribution in [1.82, 2.24) is 14.6 Å². The third-order valence-corrected chi connectivity index (χ3v) is 4.40. The maximum Gasteiger partial charge on any atom is 0.275 e. The second-order valence-corrected chi connectivity index (χ2v) is 6.23. The van der Waals surface area contributed by atoms with E-state index in [2.05, 4.69) is 16.1 Å². The highest BCUT2D eigenvalue weighted by molar-refractivity contribution is 7.16. The maximum atomic E-state index is 12.1. The first-order chi connectivity index (χ1) is 10.6. The van der Waals surface area contributed by atoms with Gasteiger partial charge in [-0.1, -0.05) is 36.0 Å². The molecule has 114 valence electrons. The molecule has 1 aromatic carbocycles. The molecule has 0 unspecified atom stereocenters. The molecule has 5 nitrogen and oxygen atoms in total. The van der Waals surface area contributed by atoms with E-state index in [0.717, 1.165) is 22.7 Å². The Labute approximate surface area is 132 Å². The monoisotopic (exact) mass is 315 g/mol. The van der Waals surface area contributed by atoms with Crippen molar-refractivity contribution in [1.29, 1.82) is 0 Å². The van der Waals surface area contributed by atoms with Crippen molar-refractivity contribution in [3.63, 3.8) is 0 Å². The Morgan fingerprint density at radius 2 is 2.09 bits per heavy atom. The smallest absolute Gasteiger partial charge is 0.275 e. The van der Waals surface area contributed by atoms with E-state index < -0.39 is 0 Å². The predicted molar refractivity (Wildman–Crippen MR) is 86.8 cm³/mol. The van der Waals surface area contributed by atoms with Gasteiger partial charge in [-0.15, -0.1) is 0 Å². The van der Waals surface area contributed by atoms with Crippen molar-refractivity contribution in [3.8, 4) is 5.75 Å². The molecule has 3 rings (SSSR count). The standard InChI is InChI=1S/C16H17N3O2S/c1-4-14-18-19-15(20)8-12(17-16(19)22-14)9-21-13-6-5-10(2)7-11(13)3/h5-8H,4,9H2,1-3H3. The van der Waals surface area contributed by atoms with Gasteiger partial charge >= 0.3 is 0 Å². The molecule has 2 aromatic heterocycles. The lowest BCUT2D eigenvalue weighted by molar-refractivity contribution is 0.299. The molecule has 0 bridgehead atoms. The fraction of sp³-hybridized carbons (Fsp3) is 0.312. The lowest BCUT2D eigenvalue weighted by Gasteiger charge is -2.09. The molecule has 0 aliphatic carbocycles. The Morgan fingerprint density at radius 1 is 1.27 bits per heavy atom. The summed E-state index contributed by atoms with van der Waals surface area (Å²) < 4.78 is 7.14. The van der Waals surface area contributed by atoms with E-state index in [4.69, 9.17) is 4.74 Å². The second-order valence-electron chi connectivity index (χ2n) is 5.19.